The highest BCUT2D eigenvalue weighted by molar-refractivity contribution is 5.36. The van der Waals surface area contributed by atoms with Crippen LogP contribution >= 0.6 is 0 Å². The molecule has 0 nitrogen and oxygen atoms in total. The Bertz CT molecular complexity index is 209. The van der Waals surface area contributed by atoms with Crippen LogP contribution in [0.2, 0.25) is 0 Å². The Kier molecular flexibility index (Phi) is 0.450. The van der Waals surface area contributed by atoms with Gasteiger partial charge in [0.1, 0.15) is 0 Å². The fourth-order valence-electron chi connectivity index (χ4n) is 3.52. The predicted molar refractivity (Wildman–Crippen MR) is 39.2 cm³/mol. The number of fused-ring (bicyclic) bond motifs is 7. The van der Waals surface area contributed by atoms with Crippen LogP contribution in [0.5, 0.6) is 0 Å². The van der Waals surface area contributed by atoms with Crippen molar-refractivity contribution in [2.45, 2.75) is 0 Å². The summed E-state index contributed by atoms with van der Waals surface area (Å²) in [5, 5.41) is 0. The molecule has 0 atom stereocenters. The zero-order valence-corrected chi connectivity index (χ0v) is 5.77. The molecule has 0 radical (unpaired) electrons. The third kappa shape index (κ3) is 0.224. The van der Waals surface area contributed by atoms with Crippen molar-refractivity contribution in [2.75, 3.05) is 0 Å². The molecule has 0 bridgehead atoms. The second-order valence-corrected chi connectivity index (χ2v) is 4.23. The molecule has 50 valence electrons. The second kappa shape index (κ2) is 1.03. The van der Waals surface area contributed by atoms with E-state index in [1.165, 1.54) is 0 Å². The van der Waals surface area contributed by atoms with E-state index in [0.29, 0.717) is 0 Å². The summed E-state index contributed by atoms with van der Waals surface area (Å²) in [5.74, 6) is 6.30. The van der Waals surface area contributed by atoms with Crippen molar-refractivity contribution in [3.63, 3.8) is 0 Å². The van der Waals surface area contributed by atoms with Gasteiger partial charge in [-0.15, -0.1) is 0 Å². The number of allylic oxidation sites excluding steroid dienone is 4. The zero-order valence-electron chi connectivity index (χ0n) is 5.77. The van der Waals surface area contributed by atoms with Gasteiger partial charge in [-0.1, -0.05) is 24.3 Å². The molecule has 0 saturated heterocycles. The van der Waals surface area contributed by atoms with Gasteiger partial charge in [0.05, 0.1) is 0 Å². The van der Waals surface area contributed by atoms with Crippen molar-refractivity contribution in [1.29, 1.82) is 0 Å². The summed E-state index contributed by atoms with van der Waals surface area (Å²) in [6, 6.07) is 0. The van der Waals surface area contributed by atoms with Crippen molar-refractivity contribution in [3.05, 3.63) is 24.3 Å². The smallest absolute Gasteiger partial charge is 0.0130 e. The maximum Gasteiger partial charge on any atom is -0.0130 e. The predicted octanol–water partition coefficient (Wildman–Crippen LogP) is 1.85. The largest absolute Gasteiger partial charge is 0.0842 e. The Balaban J connectivity index is 1.81. The summed E-state index contributed by atoms with van der Waals surface area (Å²) in [6.45, 7) is 0. The van der Waals surface area contributed by atoms with Crippen LogP contribution < -0.4 is 0 Å². The summed E-state index contributed by atoms with van der Waals surface area (Å²) in [6.07, 6.45) is 9.70. The molecule has 0 amide bonds. The van der Waals surface area contributed by atoms with Crippen LogP contribution in [0.25, 0.3) is 0 Å². The Morgan fingerprint density at radius 1 is 0.500 bits per heavy atom. The maximum absolute atomic E-state index is 2.42. The summed E-state index contributed by atoms with van der Waals surface area (Å²) in [5.41, 5.74) is 0. The van der Waals surface area contributed by atoms with E-state index < -0.39 is 0 Å². The fraction of sp³-hybridized carbons (Fsp3) is 0.600. The molecule has 0 heterocycles. The SMILES string of the molecule is C1=CC2C1C1C3C=CC3C21. The maximum atomic E-state index is 2.42. The number of hydrogen-bond donors (Lipinski definition) is 0. The molecular weight excluding hydrogens is 120 g/mol. The van der Waals surface area contributed by atoms with Crippen LogP contribution in [0.15, 0.2) is 24.3 Å². The van der Waals surface area contributed by atoms with Gasteiger partial charge in [-0.25, -0.2) is 0 Å². The Morgan fingerprint density at radius 2 is 0.800 bits per heavy atom. The van der Waals surface area contributed by atoms with E-state index >= 15 is 0 Å². The van der Waals surface area contributed by atoms with Gasteiger partial charge in [0, 0.05) is 0 Å². The summed E-state index contributed by atoms with van der Waals surface area (Å²) in [7, 11) is 0. The molecule has 4 rings (SSSR count). The van der Waals surface area contributed by atoms with Crippen LogP contribution in [0.3, 0.4) is 0 Å². The monoisotopic (exact) mass is 130 g/mol. The first-order chi connectivity index (χ1) is 4.97. The standard InChI is InChI=1S/C10H10/c1-2-6-5(1)9-7-3-4-8(7)10(6)9/h1-10H. The minimum atomic E-state index is 1.02. The lowest BCUT2D eigenvalue weighted by atomic mass is 9.32. The van der Waals surface area contributed by atoms with Crippen LogP contribution in [-0.4, -0.2) is 0 Å². The van der Waals surface area contributed by atoms with Gasteiger partial charge in [0.2, 0.25) is 0 Å². The van der Waals surface area contributed by atoms with Crippen molar-refractivity contribution in [1.82, 2.24) is 0 Å². The minimum absolute atomic E-state index is 1.02. The summed E-state index contributed by atoms with van der Waals surface area (Å²) >= 11 is 0. The average Bonchev–Trinajstić information content (AvgIpc) is 1.82. The highest BCUT2D eigenvalue weighted by Crippen LogP contribution is 2.72. The summed E-state index contributed by atoms with van der Waals surface area (Å²) in [4.78, 5) is 0. The van der Waals surface area contributed by atoms with E-state index in [4.69, 9.17) is 0 Å². The van der Waals surface area contributed by atoms with Crippen LogP contribution in [0.1, 0.15) is 0 Å². The molecule has 10 heavy (non-hydrogen) atoms. The Labute approximate surface area is 60.6 Å². The van der Waals surface area contributed by atoms with Crippen LogP contribution in [0.4, 0.5) is 0 Å². The number of rotatable bonds is 0. The van der Waals surface area contributed by atoms with Crippen LogP contribution in [-0.2, 0) is 0 Å². The zero-order chi connectivity index (χ0) is 6.29. The van der Waals surface area contributed by atoms with E-state index in [1.807, 2.05) is 0 Å². The van der Waals surface area contributed by atoms with E-state index in [-0.39, 0.29) is 0 Å². The van der Waals surface area contributed by atoms with Gasteiger partial charge < -0.3 is 0 Å². The molecule has 0 aromatic carbocycles. The molecule has 4 aliphatic rings. The second-order valence-electron chi connectivity index (χ2n) is 4.23. The van der Waals surface area contributed by atoms with Crippen molar-refractivity contribution in [3.8, 4) is 0 Å². The first kappa shape index (κ1) is 4.38. The molecule has 0 aliphatic heterocycles. The lowest BCUT2D eigenvalue weighted by Crippen LogP contribution is -2.67. The van der Waals surface area contributed by atoms with Gasteiger partial charge in [0.15, 0.2) is 0 Å². The van der Waals surface area contributed by atoms with E-state index in [2.05, 4.69) is 24.3 Å². The lowest BCUT2D eigenvalue weighted by Gasteiger charge is -2.71. The van der Waals surface area contributed by atoms with Crippen molar-refractivity contribution in [2.24, 2.45) is 35.5 Å². The molecule has 0 N–H and O–H groups in total. The quantitative estimate of drug-likeness (QED) is 0.439. The third-order valence-corrected chi connectivity index (χ3v) is 4.22. The minimum Gasteiger partial charge on any atom is -0.0842 e. The fourth-order valence-corrected chi connectivity index (χ4v) is 3.52. The van der Waals surface area contributed by atoms with Gasteiger partial charge >= 0.3 is 0 Å². The lowest BCUT2D eigenvalue weighted by molar-refractivity contribution is -0.158. The van der Waals surface area contributed by atoms with Crippen molar-refractivity contribution < 1.29 is 0 Å². The molecule has 2 saturated carbocycles. The third-order valence-electron chi connectivity index (χ3n) is 4.22. The van der Waals surface area contributed by atoms with Crippen molar-refractivity contribution >= 4 is 0 Å². The Morgan fingerprint density at radius 3 is 1.00 bits per heavy atom. The Hall–Kier alpha value is -0.520. The molecular formula is C10H10. The first-order valence-corrected chi connectivity index (χ1v) is 4.33. The molecule has 0 heteroatoms. The highest BCUT2D eigenvalue weighted by atomic mass is 14.7. The molecule has 4 aliphatic carbocycles. The first-order valence-electron chi connectivity index (χ1n) is 4.33. The van der Waals surface area contributed by atoms with Gasteiger partial charge in [-0.2, -0.15) is 0 Å². The highest BCUT2D eigenvalue weighted by Gasteiger charge is 2.67. The van der Waals surface area contributed by atoms with E-state index in [9.17, 15) is 0 Å². The molecule has 0 aromatic rings. The topological polar surface area (TPSA) is 0 Å². The molecule has 2 fully saturated rings. The van der Waals surface area contributed by atoms with E-state index in [0.717, 1.165) is 35.5 Å². The van der Waals surface area contributed by atoms with Gasteiger partial charge in [0.25, 0.3) is 0 Å². The van der Waals surface area contributed by atoms with Crippen LogP contribution in [0, 0.1) is 35.5 Å². The molecule has 0 aromatic heterocycles. The molecule has 0 unspecified atom stereocenters. The van der Waals surface area contributed by atoms with Gasteiger partial charge in [-0.3, -0.25) is 0 Å². The summed E-state index contributed by atoms with van der Waals surface area (Å²) < 4.78 is 0. The number of hydrogen-bond acceptors (Lipinski definition) is 0. The molecule has 0 spiro atoms. The van der Waals surface area contributed by atoms with Gasteiger partial charge in [-0.05, 0) is 35.5 Å². The average molecular weight is 130 g/mol. The van der Waals surface area contributed by atoms with E-state index in [1.54, 1.807) is 0 Å². The normalized spacial score (nSPS) is 71.2.